The van der Waals surface area contributed by atoms with Crippen LogP contribution in [-0.4, -0.2) is 48.2 Å². The van der Waals surface area contributed by atoms with Gasteiger partial charge >= 0.3 is 0 Å². The molecule has 2 aliphatic heterocycles. The predicted molar refractivity (Wildman–Crippen MR) is 130 cm³/mol. The molecule has 176 valence electrons. The Morgan fingerprint density at radius 1 is 1.15 bits per heavy atom. The molecule has 2 aromatic heterocycles. The number of carbonyl (C=O) groups is 1. The van der Waals surface area contributed by atoms with Crippen LogP contribution in [0.2, 0.25) is 5.02 Å². The quantitative estimate of drug-likeness (QED) is 0.436. The number of nitrogens with one attached hydrogen (secondary N) is 4. The van der Waals surface area contributed by atoms with E-state index in [2.05, 4.69) is 31.2 Å². The van der Waals surface area contributed by atoms with Gasteiger partial charge in [0.2, 0.25) is 0 Å². The van der Waals surface area contributed by atoms with Crippen molar-refractivity contribution in [3.8, 4) is 17.0 Å². The Bertz CT molecular complexity index is 1220. The third-order valence-corrected chi connectivity index (χ3v) is 6.06. The first-order valence-corrected chi connectivity index (χ1v) is 11.6. The number of nitrogens with zero attached hydrogens (tertiary/aromatic N) is 2. The average Bonchev–Trinajstić information content (AvgIpc) is 2.86. The molecule has 0 saturated carbocycles. The Labute approximate surface area is 201 Å². The number of pyridine rings is 2. The third kappa shape index (κ3) is 4.76. The van der Waals surface area contributed by atoms with Gasteiger partial charge in [0.15, 0.2) is 11.6 Å². The minimum absolute atomic E-state index is 0.112. The van der Waals surface area contributed by atoms with Crippen LogP contribution in [0.15, 0.2) is 42.7 Å². The molecule has 4 heterocycles. The molecule has 0 spiro atoms. The molecule has 1 amide bonds. The number of piperidine rings is 1. The van der Waals surface area contributed by atoms with E-state index in [1.165, 1.54) is 24.4 Å². The van der Waals surface area contributed by atoms with Crippen molar-refractivity contribution in [2.45, 2.75) is 18.9 Å². The average molecular weight is 483 g/mol. The van der Waals surface area contributed by atoms with Crippen LogP contribution in [-0.2, 0) is 0 Å². The molecular formula is C24H24ClFN6O2. The van der Waals surface area contributed by atoms with Gasteiger partial charge in [-0.15, -0.1) is 0 Å². The minimum atomic E-state index is -0.439. The SMILES string of the molecule is O=C(NC1CCNCC1)c1cnccc1Nc1cc(-c2cc(Cl)ccc2F)nc2c1OCCN2. The number of fused-ring (bicyclic) bond motifs is 1. The monoisotopic (exact) mass is 482 g/mol. The maximum atomic E-state index is 14.6. The zero-order chi connectivity index (χ0) is 23.5. The summed E-state index contributed by atoms with van der Waals surface area (Å²) in [7, 11) is 0. The lowest BCUT2D eigenvalue weighted by molar-refractivity contribution is 0.0930. The Balaban J connectivity index is 1.50. The van der Waals surface area contributed by atoms with Crippen molar-refractivity contribution in [1.29, 1.82) is 0 Å². The lowest BCUT2D eigenvalue weighted by Gasteiger charge is -2.25. The van der Waals surface area contributed by atoms with Crippen LogP contribution >= 0.6 is 11.6 Å². The van der Waals surface area contributed by atoms with Gasteiger partial charge in [-0.05, 0) is 56.3 Å². The molecule has 0 atom stereocenters. The first-order valence-electron chi connectivity index (χ1n) is 11.2. The first kappa shape index (κ1) is 22.4. The highest BCUT2D eigenvalue weighted by Crippen LogP contribution is 2.40. The van der Waals surface area contributed by atoms with Crippen molar-refractivity contribution in [2.75, 3.05) is 36.9 Å². The van der Waals surface area contributed by atoms with E-state index in [1.54, 1.807) is 18.3 Å². The zero-order valence-corrected chi connectivity index (χ0v) is 19.1. The largest absolute Gasteiger partial charge is 0.486 e. The van der Waals surface area contributed by atoms with Crippen LogP contribution in [0.5, 0.6) is 5.75 Å². The van der Waals surface area contributed by atoms with E-state index in [0.717, 1.165) is 25.9 Å². The molecule has 8 nitrogen and oxygen atoms in total. The third-order valence-electron chi connectivity index (χ3n) is 5.83. The molecule has 0 aliphatic carbocycles. The van der Waals surface area contributed by atoms with Gasteiger partial charge in [0.25, 0.3) is 5.91 Å². The highest BCUT2D eigenvalue weighted by Gasteiger charge is 2.23. The van der Waals surface area contributed by atoms with Gasteiger partial charge in [-0.3, -0.25) is 9.78 Å². The standard InChI is InChI=1S/C24H24ClFN6O2/c25-14-1-2-18(26)16(11-14)20-12-21(22-23(32-20)29-9-10-34-22)31-19-5-8-28-13-17(19)24(33)30-15-3-6-27-7-4-15/h1-2,5,8,11-13,15,27H,3-4,6-7,9-10H2,(H,30,33)(H2,28,29,31,32). The predicted octanol–water partition coefficient (Wildman–Crippen LogP) is 3.97. The first-order chi connectivity index (χ1) is 16.6. The molecule has 1 aromatic carbocycles. The van der Waals surface area contributed by atoms with Gasteiger partial charge in [-0.25, -0.2) is 9.37 Å². The summed E-state index contributed by atoms with van der Waals surface area (Å²) in [6, 6.07) is 7.85. The fourth-order valence-corrected chi connectivity index (χ4v) is 4.28. The molecule has 1 saturated heterocycles. The van der Waals surface area contributed by atoms with Crippen molar-refractivity contribution >= 4 is 34.7 Å². The topological polar surface area (TPSA) is 100 Å². The van der Waals surface area contributed by atoms with Crippen molar-refractivity contribution in [2.24, 2.45) is 0 Å². The highest BCUT2D eigenvalue weighted by molar-refractivity contribution is 6.30. The number of anilines is 3. The van der Waals surface area contributed by atoms with Gasteiger partial charge < -0.3 is 26.0 Å². The number of aromatic nitrogens is 2. The van der Waals surface area contributed by atoms with E-state index in [4.69, 9.17) is 16.3 Å². The van der Waals surface area contributed by atoms with E-state index in [1.807, 2.05) is 0 Å². The van der Waals surface area contributed by atoms with Crippen LogP contribution in [0.1, 0.15) is 23.2 Å². The second-order valence-electron chi connectivity index (χ2n) is 8.18. The number of benzene rings is 1. The van der Waals surface area contributed by atoms with E-state index in [-0.39, 0.29) is 17.5 Å². The summed E-state index contributed by atoms with van der Waals surface area (Å²) >= 11 is 6.11. The number of hydrogen-bond acceptors (Lipinski definition) is 7. The maximum Gasteiger partial charge on any atom is 0.255 e. The van der Waals surface area contributed by atoms with Crippen molar-refractivity contribution in [1.82, 2.24) is 20.6 Å². The Morgan fingerprint density at radius 3 is 2.85 bits per heavy atom. The summed E-state index contributed by atoms with van der Waals surface area (Å²) < 4.78 is 20.5. The van der Waals surface area contributed by atoms with Crippen molar-refractivity contribution < 1.29 is 13.9 Å². The molecule has 0 unspecified atom stereocenters. The molecule has 4 N–H and O–H groups in total. The molecule has 2 aliphatic rings. The van der Waals surface area contributed by atoms with Crippen LogP contribution < -0.4 is 26.0 Å². The lowest BCUT2D eigenvalue weighted by atomic mass is 10.1. The number of halogens is 2. The molecule has 10 heteroatoms. The molecule has 3 aromatic rings. The summed E-state index contributed by atoms with van der Waals surface area (Å²) in [6.45, 7) is 2.77. The number of carbonyl (C=O) groups excluding carboxylic acids is 1. The van der Waals surface area contributed by atoms with Gasteiger partial charge in [0, 0.05) is 29.0 Å². The van der Waals surface area contributed by atoms with Gasteiger partial charge in [-0.2, -0.15) is 0 Å². The molecule has 1 fully saturated rings. The minimum Gasteiger partial charge on any atom is -0.486 e. The molecule has 5 rings (SSSR count). The van der Waals surface area contributed by atoms with E-state index in [0.29, 0.717) is 52.4 Å². The zero-order valence-electron chi connectivity index (χ0n) is 18.3. The van der Waals surface area contributed by atoms with Gasteiger partial charge in [0.05, 0.1) is 29.2 Å². The normalized spacial score (nSPS) is 15.6. The Hall–Kier alpha value is -3.43. The summed E-state index contributed by atoms with van der Waals surface area (Å²) in [5.74, 6) is 0.343. The summed E-state index contributed by atoms with van der Waals surface area (Å²) in [5.41, 5.74) is 2.17. The second-order valence-corrected chi connectivity index (χ2v) is 8.61. The van der Waals surface area contributed by atoms with Gasteiger partial charge in [0.1, 0.15) is 12.4 Å². The Kier molecular flexibility index (Phi) is 6.46. The molecular weight excluding hydrogens is 459 g/mol. The fourth-order valence-electron chi connectivity index (χ4n) is 4.11. The second kappa shape index (κ2) is 9.82. The summed E-state index contributed by atoms with van der Waals surface area (Å²) in [4.78, 5) is 21.7. The number of ether oxygens (including phenoxy) is 1. The number of rotatable bonds is 5. The number of amides is 1. The highest BCUT2D eigenvalue weighted by atomic mass is 35.5. The van der Waals surface area contributed by atoms with Crippen molar-refractivity contribution in [3.63, 3.8) is 0 Å². The van der Waals surface area contributed by atoms with Crippen LogP contribution in [0, 0.1) is 5.82 Å². The molecule has 0 radical (unpaired) electrons. The van der Waals surface area contributed by atoms with Gasteiger partial charge in [-0.1, -0.05) is 11.6 Å². The lowest BCUT2D eigenvalue weighted by Crippen LogP contribution is -2.42. The smallest absolute Gasteiger partial charge is 0.255 e. The summed E-state index contributed by atoms with van der Waals surface area (Å²) in [6.07, 6.45) is 4.89. The number of hydrogen-bond donors (Lipinski definition) is 4. The van der Waals surface area contributed by atoms with Crippen molar-refractivity contribution in [3.05, 3.63) is 59.1 Å². The van der Waals surface area contributed by atoms with Crippen LogP contribution in [0.3, 0.4) is 0 Å². The van der Waals surface area contributed by atoms with Crippen LogP contribution in [0.4, 0.5) is 21.6 Å². The Morgan fingerprint density at radius 2 is 2.00 bits per heavy atom. The fraction of sp³-hybridized carbons (Fsp3) is 0.292. The maximum absolute atomic E-state index is 14.6. The van der Waals surface area contributed by atoms with E-state index in [9.17, 15) is 9.18 Å². The van der Waals surface area contributed by atoms with E-state index >= 15 is 0 Å². The molecule has 34 heavy (non-hydrogen) atoms. The van der Waals surface area contributed by atoms with E-state index < -0.39 is 5.82 Å². The molecule has 0 bridgehead atoms. The van der Waals surface area contributed by atoms with Crippen LogP contribution in [0.25, 0.3) is 11.3 Å². The summed E-state index contributed by atoms with van der Waals surface area (Å²) in [5, 5.41) is 13.3.